The molecule has 6 nitrogen and oxygen atoms in total. The molecule has 3 N–H and O–H groups in total. The van der Waals surface area contributed by atoms with Crippen LogP contribution < -0.4 is 16.0 Å². The summed E-state index contributed by atoms with van der Waals surface area (Å²) in [5, 5.41) is 8.52. The van der Waals surface area contributed by atoms with Crippen LogP contribution >= 0.6 is 0 Å². The largest absolute Gasteiger partial charge is 0.416 e. The molecule has 3 amide bonds. The number of benzene rings is 4. The monoisotopic (exact) mass is 587 g/mol. The number of unbranched alkanes of at least 4 members (excludes halogenated alkanes) is 1. The third kappa shape index (κ3) is 8.54. The minimum atomic E-state index is -4.45. The lowest BCUT2D eigenvalue weighted by Gasteiger charge is -2.19. The normalized spacial score (nSPS) is 11.8. The van der Waals surface area contributed by atoms with Gasteiger partial charge in [0.05, 0.1) is 5.56 Å². The molecule has 0 spiro atoms. The molecule has 0 radical (unpaired) electrons. The number of alkyl halides is 3. The van der Waals surface area contributed by atoms with Crippen LogP contribution in [0.3, 0.4) is 0 Å². The number of hydrogen-bond acceptors (Lipinski definition) is 3. The third-order valence-electron chi connectivity index (χ3n) is 6.83. The summed E-state index contributed by atoms with van der Waals surface area (Å²) in [5.41, 5.74) is 2.50. The summed E-state index contributed by atoms with van der Waals surface area (Å²) in [6.45, 7) is 2.20. The first-order valence-electron chi connectivity index (χ1n) is 13.9. The van der Waals surface area contributed by atoms with Crippen molar-refractivity contribution in [2.75, 3.05) is 5.32 Å². The Labute approximate surface area is 248 Å². The maximum absolute atomic E-state index is 13.1. The second-order valence-corrected chi connectivity index (χ2v) is 10.0. The summed E-state index contributed by atoms with van der Waals surface area (Å²) in [6.07, 6.45) is -2.50. The van der Waals surface area contributed by atoms with E-state index in [1.807, 2.05) is 25.1 Å². The predicted octanol–water partition coefficient (Wildman–Crippen LogP) is 7.29. The Morgan fingerprint density at radius 2 is 1.44 bits per heavy atom. The molecule has 0 bridgehead atoms. The Hall–Kier alpha value is -4.92. The number of nitrogens with one attached hydrogen (secondary N) is 3. The highest BCUT2D eigenvalue weighted by atomic mass is 19.4. The van der Waals surface area contributed by atoms with E-state index in [4.69, 9.17) is 0 Å². The van der Waals surface area contributed by atoms with Crippen molar-refractivity contribution < 1.29 is 27.6 Å². The quantitative estimate of drug-likeness (QED) is 0.172. The van der Waals surface area contributed by atoms with E-state index in [0.717, 1.165) is 30.5 Å². The van der Waals surface area contributed by atoms with Gasteiger partial charge in [-0.3, -0.25) is 14.4 Å². The van der Waals surface area contributed by atoms with E-state index in [-0.39, 0.29) is 18.4 Å². The lowest BCUT2D eigenvalue weighted by Crippen LogP contribution is -2.40. The topological polar surface area (TPSA) is 87.3 Å². The average molecular weight is 588 g/mol. The van der Waals surface area contributed by atoms with E-state index >= 15 is 0 Å². The molecule has 0 heterocycles. The maximum atomic E-state index is 13.1. The molecule has 4 aromatic rings. The summed E-state index contributed by atoms with van der Waals surface area (Å²) in [4.78, 5) is 38.6. The molecule has 0 aliphatic carbocycles. The highest BCUT2D eigenvalue weighted by Gasteiger charge is 2.30. The van der Waals surface area contributed by atoms with E-state index < -0.39 is 23.7 Å². The summed E-state index contributed by atoms with van der Waals surface area (Å²) >= 11 is 0. The molecule has 0 aliphatic rings. The molecule has 9 heteroatoms. The summed E-state index contributed by atoms with van der Waals surface area (Å²) < 4.78 is 38.9. The first kappa shape index (κ1) is 31.0. The van der Waals surface area contributed by atoms with Crippen LogP contribution in [0, 0.1) is 0 Å². The van der Waals surface area contributed by atoms with Gasteiger partial charge in [-0.1, -0.05) is 86.1 Å². The van der Waals surface area contributed by atoms with Crippen molar-refractivity contribution in [3.05, 3.63) is 125 Å². The van der Waals surface area contributed by atoms with Crippen LogP contribution in [0.5, 0.6) is 0 Å². The lowest BCUT2D eigenvalue weighted by atomic mass is 9.98. The molecule has 222 valence electrons. The predicted molar refractivity (Wildman–Crippen MR) is 160 cm³/mol. The van der Waals surface area contributed by atoms with Crippen LogP contribution in [-0.4, -0.2) is 17.7 Å². The first-order valence-corrected chi connectivity index (χ1v) is 13.9. The number of anilines is 1. The number of carbonyl (C=O) groups excluding carboxylic acids is 3. The van der Waals surface area contributed by atoms with Gasteiger partial charge in [0.2, 0.25) is 11.8 Å². The molecule has 0 saturated carbocycles. The van der Waals surface area contributed by atoms with Crippen molar-refractivity contribution in [3.8, 4) is 11.1 Å². The van der Waals surface area contributed by atoms with Crippen molar-refractivity contribution in [2.45, 2.75) is 44.9 Å². The van der Waals surface area contributed by atoms with Gasteiger partial charge in [0.25, 0.3) is 5.91 Å². The Kier molecular flexibility index (Phi) is 10.3. The van der Waals surface area contributed by atoms with Crippen LogP contribution in [0.25, 0.3) is 11.1 Å². The number of halogens is 3. The summed E-state index contributed by atoms with van der Waals surface area (Å²) in [5.74, 6) is -0.944. The van der Waals surface area contributed by atoms with Gasteiger partial charge >= 0.3 is 6.18 Å². The van der Waals surface area contributed by atoms with E-state index in [0.29, 0.717) is 34.4 Å². The van der Waals surface area contributed by atoms with Crippen LogP contribution in [0.2, 0.25) is 0 Å². The zero-order valence-corrected chi connectivity index (χ0v) is 23.6. The summed E-state index contributed by atoms with van der Waals surface area (Å²) in [6, 6.07) is 26.5. The van der Waals surface area contributed by atoms with Gasteiger partial charge in [-0.05, 0) is 59.0 Å². The molecule has 4 aromatic carbocycles. The van der Waals surface area contributed by atoms with Crippen LogP contribution in [0.1, 0.15) is 59.3 Å². The minimum Gasteiger partial charge on any atom is -0.350 e. The van der Waals surface area contributed by atoms with E-state index in [1.54, 1.807) is 60.7 Å². The second kappa shape index (κ2) is 14.3. The number of hydrogen-bond donors (Lipinski definition) is 3. The summed E-state index contributed by atoms with van der Waals surface area (Å²) in [7, 11) is 0. The molecule has 0 fully saturated rings. The van der Waals surface area contributed by atoms with Gasteiger partial charge in [-0.2, -0.15) is 13.2 Å². The maximum Gasteiger partial charge on any atom is 0.416 e. The van der Waals surface area contributed by atoms with E-state index in [2.05, 4.69) is 16.0 Å². The lowest BCUT2D eigenvalue weighted by molar-refractivity contribution is -0.137. The van der Waals surface area contributed by atoms with E-state index in [9.17, 15) is 27.6 Å². The number of carbonyl (C=O) groups is 3. The van der Waals surface area contributed by atoms with Gasteiger partial charge in [0.15, 0.2) is 0 Å². The van der Waals surface area contributed by atoms with Crippen LogP contribution in [0.4, 0.5) is 18.9 Å². The Bertz CT molecular complexity index is 1540. The van der Waals surface area contributed by atoms with Gasteiger partial charge in [-0.15, -0.1) is 0 Å². The van der Waals surface area contributed by atoms with Crippen molar-refractivity contribution in [1.82, 2.24) is 10.6 Å². The zero-order chi connectivity index (χ0) is 30.8. The zero-order valence-electron chi connectivity index (χ0n) is 23.6. The molecule has 1 atom stereocenters. The van der Waals surface area contributed by atoms with Crippen LogP contribution in [0.15, 0.2) is 103 Å². The van der Waals surface area contributed by atoms with Crippen LogP contribution in [-0.2, 0) is 22.3 Å². The highest BCUT2D eigenvalue weighted by Crippen LogP contribution is 2.32. The Morgan fingerprint density at radius 1 is 0.791 bits per heavy atom. The fourth-order valence-electron chi connectivity index (χ4n) is 4.48. The highest BCUT2D eigenvalue weighted by molar-refractivity contribution is 6.08. The standard InChI is InChI=1S/C34H32F3N3O3/c1-2-3-13-30(41)40-31(25-9-5-4-6-10-25)33(43)38-22-23-14-20-27(21-15-23)39-32(42)29-12-8-7-11-28(29)24-16-18-26(19-17-24)34(35,36)37/h4-12,14-21,31H,2-3,13,22H2,1H3,(H,38,43)(H,39,42)(H,40,41). The smallest absolute Gasteiger partial charge is 0.350 e. The molecule has 4 rings (SSSR count). The van der Waals surface area contributed by atoms with Gasteiger partial charge in [0, 0.05) is 24.2 Å². The minimum absolute atomic E-state index is 0.189. The molecular weight excluding hydrogens is 555 g/mol. The fourth-order valence-corrected chi connectivity index (χ4v) is 4.48. The molecular formula is C34H32F3N3O3. The molecule has 0 aliphatic heterocycles. The molecule has 43 heavy (non-hydrogen) atoms. The first-order chi connectivity index (χ1) is 20.7. The van der Waals surface area contributed by atoms with Gasteiger partial charge < -0.3 is 16.0 Å². The molecule has 0 aromatic heterocycles. The van der Waals surface area contributed by atoms with Crippen molar-refractivity contribution in [3.63, 3.8) is 0 Å². The van der Waals surface area contributed by atoms with Crippen molar-refractivity contribution in [1.29, 1.82) is 0 Å². The second-order valence-electron chi connectivity index (χ2n) is 10.0. The van der Waals surface area contributed by atoms with Gasteiger partial charge in [-0.25, -0.2) is 0 Å². The Morgan fingerprint density at radius 3 is 2.09 bits per heavy atom. The van der Waals surface area contributed by atoms with Gasteiger partial charge in [0.1, 0.15) is 6.04 Å². The van der Waals surface area contributed by atoms with Crippen molar-refractivity contribution >= 4 is 23.4 Å². The molecule has 1 unspecified atom stereocenters. The number of rotatable bonds is 11. The molecule has 0 saturated heterocycles. The van der Waals surface area contributed by atoms with E-state index in [1.165, 1.54) is 12.1 Å². The van der Waals surface area contributed by atoms with Crippen molar-refractivity contribution in [2.24, 2.45) is 0 Å². The fraction of sp³-hybridized carbons (Fsp3) is 0.206. The average Bonchev–Trinajstić information content (AvgIpc) is 3.02. The third-order valence-corrected chi connectivity index (χ3v) is 6.83. The SMILES string of the molecule is CCCCC(=O)NC(C(=O)NCc1ccc(NC(=O)c2ccccc2-c2ccc(C(F)(F)F)cc2)cc1)c1ccccc1. The number of amides is 3. The Balaban J connectivity index is 1.39.